The Hall–Kier alpha value is -4.51. The van der Waals surface area contributed by atoms with Gasteiger partial charge in [0.2, 0.25) is 11.8 Å². The van der Waals surface area contributed by atoms with Crippen LogP contribution in [0.5, 0.6) is 0 Å². The summed E-state index contributed by atoms with van der Waals surface area (Å²) >= 11 is 0. The molecule has 3 aromatic heterocycles. The highest BCUT2D eigenvalue weighted by molar-refractivity contribution is 5.86. The lowest BCUT2D eigenvalue weighted by Gasteiger charge is -2.06. The van der Waals surface area contributed by atoms with Gasteiger partial charge in [0.1, 0.15) is 11.2 Å². The highest BCUT2D eigenvalue weighted by atomic mass is 16.4. The number of pyridine rings is 2. The Morgan fingerprint density at radius 2 is 1.82 bits per heavy atom. The average molecular weight is 446 g/mol. The topological polar surface area (TPSA) is 60.9 Å². The molecule has 0 fully saturated rings. The molecule has 0 spiro atoms. The summed E-state index contributed by atoms with van der Waals surface area (Å²) in [4.78, 5) is 22.5. The number of benzene rings is 2. The van der Waals surface area contributed by atoms with Crippen molar-refractivity contribution in [1.82, 2.24) is 14.5 Å². The second-order valence-corrected chi connectivity index (χ2v) is 8.06. The van der Waals surface area contributed by atoms with Crippen LogP contribution in [0.1, 0.15) is 18.4 Å². The number of allylic oxidation sites excluding steroid dienone is 2. The van der Waals surface area contributed by atoms with Crippen molar-refractivity contribution in [2.24, 2.45) is 0 Å². The zero-order chi connectivity index (χ0) is 23.7. The predicted molar refractivity (Wildman–Crippen MR) is 137 cm³/mol. The van der Waals surface area contributed by atoms with Crippen LogP contribution in [-0.4, -0.2) is 14.5 Å². The van der Waals surface area contributed by atoms with Crippen molar-refractivity contribution in [3.8, 4) is 17.1 Å². The monoisotopic (exact) mass is 445 g/mol. The molecule has 0 aliphatic rings. The van der Waals surface area contributed by atoms with E-state index >= 15 is 0 Å². The Balaban J connectivity index is 1.75. The highest BCUT2D eigenvalue weighted by Crippen LogP contribution is 2.30. The van der Waals surface area contributed by atoms with Gasteiger partial charge in [-0.25, -0.2) is 4.98 Å². The molecule has 5 rings (SSSR count). The molecule has 166 valence electrons. The summed E-state index contributed by atoms with van der Waals surface area (Å²) in [7, 11) is 0. The minimum atomic E-state index is -0.261. The van der Waals surface area contributed by atoms with Crippen molar-refractivity contribution in [2.45, 2.75) is 13.8 Å². The normalized spacial score (nSPS) is 12.4. The molecule has 0 bridgehead atoms. The molecular weight excluding hydrogens is 422 g/mol. The van der Waals surface area contributed by atoms with Gasteiger partial charge < -0.3 is 4.42 Å². The molecule has 5 nitrogen and oxygen atoms in total. The summed E-state index contributed by atoms with van der Waals surface area (Å²) in [5, 5.41) is 2.65. The largest absolute Gasteiger partial charge is 0.419 e. The number of rotatable bonds is 4. The molecule has 34 heavy (non-hydrogen) atoms. The summed E-state index contributed by atoms with van der Waals surface area (Å²) in [5.74, 6) is 0.774. The first-order chi connectivity index (χ1) is 16.5. The molecule has 0 atom stereocenters. The van der Waals surface area contributed by atoms with E-state index in [2.05, 4.69) is 11.6 Å². The molecule has 5 heteroatoms. The van der Waals surface area contributed by atoms with Gasteiger partial charge >= 0.3 is 0 Å². The molecule has 0 saturated heterocycles. The Bertz CT molecular complexity index is 1710. The van der Waals surface area contributed by atoms with E-state index in [9.17, 15) is 4.79 Å². The first-order valence-corrected chi connectivity index (χ1v) is 11.0. The number of fused-ring (bicyclic) bond motifs is 1. The van der Waals surface area contributed by atoms with E-state index < -0.39 is 0 Å². The SMILES string of the molecule is C=c1cccc/c1=C/C(=C\C)c1nc(-c2ccc(C)cc2)c(-n2ccc3cccnc3c2=O)o1. The second-order valence-electron chi connectivity index (χ2n) is 8.06. The van der Waals surface area contributed by atoms with E-state index in [1.165, 1.54) is 4.57 Å². The number of aromatic nitrogens is 3. The van der Waals surface area contributed by atoms with Crippen LogP contribution in [0, 0.1) is 6.92 Å². The maximum atomic E-state index is 13.3. The predicted octanol–water partition coefficient (Wildman–Crippen LogP) is 4.64. The van der Waals surface area contributed by atoms with E-state index in [0.29, 0.717) is 23.0 Å². The molecule has 5 aromatic rings. The molecule has 0 saturated carbocycles. The maximum absolute atomic E-state index is 13.3. The minimum Gasteiger partial charge on any atom is -0.419 e. The van der Waals surface area contributed by atoms with Gasteiger partial charge in [0.05, 0.1) is 0 Å². The third-order valence-corrected chi connectivity index (χ3v) is 5.74. The Morgan fingerprint density at radius 1 is 1.03 bits per heavy atom. The molecule has 3 heterocycles. The Kier molecular flexibility index (Phi) is 5.52. The van der Waals surface area contributed by atoms with Gasteiger partial charge in [0.15, 0.2) is 0 Å². The zero-order valence-electron chi connectivity index (χ0n) is 19.0. The fraction of sp³-hybridized carbons (Fsp3) is 0.0690. The fourth-order valence-electron chi connectivity index (χ4n) is 3.84. The van der Waals surface area contributed by atoms with Crippen LogP contribution in [0.15, 0.2) is 94.4 Å². The number of hydrogen-bond donors (Lipinski definition) is 0. The van der Waals surface area contributed by atoms with Gasteiger partial charge in [0.25, 0.3) is 5.56 Å². The van der Waals surface area contributed by atoms with E-state index in [1.807, 2.05) is 92.7 Å². The molecule has 0 amide bonds. The quantitative estimate of drug-likeness (QED) is 0.404. The summed E-state index contributed by atoms with van der Waals surface area (Å²) in [6.45, 7) is 8.07. The van der Waals surface area contributed by atoms with Crippen molar-refractivity contribution in [2.75, 3.05) is 0 Å². The Labute approximate surface area is 196 Å². The Morgan fingerprint density at radius 3 is 2.59 bits per heavy atom. The number of hydrogen-bond acceptors (Lipinski definition) is 4. The van der Waals surface area contributed by atoms with Crippen molar-refractivity contribution in [1.29, 1.82) is 0 Å². The first-order valence-electron chi connectivity index (χ1n) is 11.0. The zero-order valence-corrected chi connectivity index (χ0v) is 19.0. The highest BCUT2D eigenvalue weighted by Gasteiger charge is 2.20. The molecular formula is C29H23N3O2. The number of aryl methyl sites for hydroxylation is 1. The van der Waals surface area contributed by atoms with E-state index in [1.54, 1.807) is 12.4 Å². The van der Waals surface area contributed by atoms with Crippen LogP contribution in [0.2, 0.25) is 0 Å². The van der Waals surface area contributed by atoms with E-state index in [-0.39, 0.29) is 5.56 Å². The summed E-state index contributed by atoms with van der Waals surface area (Å²) < 4.78 is 7.76. The van der Waals surface area contributed by atoms with Gasteiger partial charge in [-0.1, -0.05) is 72.8 Å². The van der Waals surface area contributed by atoms with Gasteiger partial charge in [-0.15, -0.1) is 0 Å². The third kappa shape index (κ3) is 3.88. The summed E-state index contributed by atoms with van der Waals surface area (Å²) in [6, 6.07) is 21.4. The summed E-state index contributed by atoms with van der Waals surface area (Å²) in [5.41, 5.74) is 3.49. The average Bonchev–Trinajstić information content (AvgIpc) is 3.29. The first kappa shape index (κ1) is 21.3. The van der Waals surface area contributed by atoms with Gasteiger partial charge in [-0.05, 0) is 42.5 Å². The van der Waals surface area contributed by atoms with Crippen LogP contribution in [-0.2, 0) is 0 Å². The van der Waals surface area contributed by atoms with Crippen molar-refractivity contribution >= 4 is 29.1 Å². The van der Waals surface area contributed by atoms with Crippen LogP contribution < -0.4 is 16.0 Å². The fourth-order valence-corrected chi connectivity index (χ4v) is 3.84. The van der Waals surface area contributed by atoms with Crippen LogP contribution >= 0.6 is 0 Å². The van der Waals surface area contributed by atoms with Gasteiger partial charge in [-0.3, -0.25) is 14.3 Å². The van der Waals surface area contributed by atoms with Crippen LogP contribution in [0.4, 0.5) is 0 Å². The lowest BCUT2D eigenvalue weighted by molar-refractivity contribution is 0.517. The lowest BCUT2D eigenvalue weighted by atomic mass is 10.1. The van der Waals surface area contributed by atoms with Crippen LogP contribution in [0.3, 0.4) is 0 Å². The van der Waals surface area contributed by atoms with Crippen molar-refractivity contribution in [3.63, 3.8) is 0 Å². The molecule has 0 aliphatic carbocycles. The molecule has 0 unspecified atom stereocenters. The van der Waals surface area contributed by atoms with Crippen molar-refractivity contribution < 1.29 is 4.42 Å². The second kappa shape index (κ2) is 8.79. The molecule has 0 aliphatic heterocycles. The molecule has 2 aromatic carbocycles. The van der Waals surface area contributed by atoms with Gasteiger partial charge in [-0.2, -0.15) is 0 Å². The molecule has 0 N–H and O–H groups in total. The maximum Gasteiger partial charge on any atom is 0.283 e. The molecule has 0 radical (unpaired) electrons. The van der Waals surface area contributed by atoms with E-state index in [4.69, 9.17) is 9.40 Å². The third-order valence-electron chi connectivity index (χ3n) is 5.74. The smallest absolute Gasteiger partial charge is 0.283 e. The number of nitrogens with zero attached hydrogens (tertiary/aromatic N) is 3. The number of oxazole rings is 1. The minimum absolute atomic E-state index is 0.261. The van der Waals surface area contributed by atoms with Gasteiger partial charge in [0, 0.05) is 28.9 Å². The lowest BCUT2D eigenvalue weighted by Crippen LogP contribution is -2.21. The summed E-state index contributed by atoms with van der Waals surface area (Å²) in [6.07, 6.45) is 7.25. The van der Waals surface area contributed by atoms with Crippen molar-refractivity contribution in [3.05, 3.63) is 117 Å². The van der Waals surface area contributed by atoms with Crippen LogP contribution in [0.25, 0.3) is 46.3 Å². The van der Waals surface area contributed by atoms with E-state index in [0.717, 1.165) is 32.5 Å². The standard InChI is InChI=1S/C29H23N3O2/c1-4-21(18-24-9-6-5-8-20(24)3)27-31-26(23-13-11-19(2)12-14-23)29(34-27)32-17-15-22-10-7-16-30-25(22)28(32)33/h4-18H,3H2,1-2H3/b21-4+,24-18-.